The second-order valence-corrected chi connectivity index (χ2v) is 7.02. The number of halogens is 3. The lowest BCUT2D eigenvalue weighted by Crippen LogP contribution is -2.56. The fraction of sp³-hybridized carbons (Fsp3) is 0.500. The summed E-state index contributed by atoms with van der Waals surface area (Å²) in [5.41, 5.74) is 1.98. The fourth-order valence-electron chi connectivity index (χ4n) is 3.31. The highest BCUT2D eigenvalue weighted by atomic mass is 19.4. The highest BCUT2D eigenvalue weighted by Gasteiger charge is 2.41. The number of rotatable bonds is 5. The Balaban J connectivity index is 1.62. The largest absolute Gasteiger partial charge is 0.403 e. The number of aliphatic imine (C=N–C) groups is 1. The number of alkyl halides is 3. The second-order valence-electron chi connectivity index (χ2n) is 7.02. The number of guanidine groups is 1. The molecule has 0 radical (unpaired) electrons. The molecule has 2 N–H and O–H groups in total. The van der Waals surface area contributed by atoms with Gasteiger partial charge < -0.3 is 15.2 Å². The van der Waals surface area contributed by atoms with Gasteiger partial charge in [-0.1, -0.05) is 30.3 Å². The van der Waals surface area contributed by atoms with Crippen molar-refractivity contribution < 1.29 is 13.2 Å². The van der Waals surface area contributed by atoms with Crippen LogP contribution in [-0.2, 0) is 6.54 Å². The van der Waals surface area contributed by atoms with E-state index in [1.54, 1.807) is 6.20 Å². The lowest BCUT2D eigenvalue weighted by atomic mass is 10.2. The van der Waals surface area contributed by atoms with Crippen molar-refractivity contribution >= 4 is 5.96 Å². The molecule has 29 heavy (non-hydrogen) atoms. The van der Waals surface area contributed by atoms with Gasteiger partial charge in [0.15, 0.2) is 5.96 Å². The van der Waals surface area contributed by atoms with Crippen LogP contribution in [0.4, 0.5) is 13.2 Å². The van der Waals surface area contributed by atoms with Crippen LogP contribution in [0.5, 0.6) is 0 Å². The van der Waals surface area contributed by atoms with E-state index in [9.17, 15) is 13.2 Å². The first-order valence-corrected chi connectivity index (χ1v) is 9.81. The Bertz CT molecular complexity index is 794. The van der Waals surface area contributed by atoms with Gasteiger partial charge in [-0.3, -0.25) is 4.90 Å². The van der Waals surface area contributed by atoms with Gasteiger partial charge in [0.2, 0.25) is 0 Å². The van der Waals surface area contributed by atoms with Crippen molar-refractivity contribution in [3.63, 3.8) is 0 Å². The molecule has 6 nitrogen and oxygen atoms in total. The van der Waals surface area contributed by atoms with E-state index in [-0.39, 0.29) is 0 Å². The van der Waals surface area contributed by atoms with E-state index in [4.69, 9.17) is 0 Å². The molecule has 0 spiro atoms. The first-order chi connectivity index (χ1) is 13.9. The Labute approximate surface area is 168 Å². The van der Waals surface area contributed by atoms with Gasteiger partial charge in [-0.05, 0) is 19.4 Å². The summed E-state index contributed by atoms with van der Waals surface area (Å²) in [7, 11) is 0. The lowest BCUT2D eigenvalue weighted by molar-refractivity contribution is -0.181. The molecule has 2 aromatic rings. The van der Waals surface area contributed by atoms with Gasteiger partial charge in [0, 0.05) is 32.7 Å². The van der Waals surface area contributed by atoms with Crippen molar-refractivity contribution in [2.45, 2.75) is 32.6 Å². The minimum atomic E-state index is -4.20. The summed E-state index contributed by atoms with van der Waals surface area (Å²) < 4.78 is 38.8. The number of H-pyrrole nitrogens is 1. The number of nitrogens with one attached hydrogen (secondary N) is 2. The number of imidazole rings is 1. The smallest absolute Gasteiger partial charge is 0.357 e. The average Bonchev–Trinajstić information content (AvgIpc) is 3.20. The fourth-order valence-corrected chi connectivity index (χ4v) is 3.31. The summed E-state index contributed by atoms with van der Waals surface area (Å²) >= 11 is 0. The number of aromatic amines is 1. The SMILES string of the molecule is CCNC(=NCc1ncc(-c2ccccc2)[nH]1)N1CCN(C(C)C(F)(F)F)CC1. The van der Waals surface area contributed by atoms with Crippen LogP contribution in [0.1, 0.15) is 19.7 Å². The Morgan fingerprint density at radius 1 is 1.21 bits per heavy atom. The molecule has 1 aliphatic heterocycles. The quantitative estimate of drug-likeness (QED) is 0.590. The maximum atomic E-state index is 12.9. The zero-order chi connectivity index (χ0) is 20.9. The van der Waals surface area contributed by atoms with Crippen LogP contribution in [0.15, 0.2) is 41.5 Å². The molecular weight excluding hydrogens is 381 g/mol. The van der Waals surface area contributed by atoms with Gasteiger partial charge in [0.05, 0.1) is 11.9 Å². The predicted octanol–water partition coefficient (Wildman–Crippen LogP) is 3.11. The van der Waals surface area contributed by atoms with Gasteiger partial charge in [0.1, 0.15) is 18.4 Å². The molecule has 0 bridgehead atoms. The molecule has 3 rings (SSSR count). The first kappa shape index (κ1) is 21.2. The summed E-state index contributed by atoms with van der Waals surface area (Å²) in [6.07, 6.45) is -2.42. The maximum Gasteiger partial charge on any atom is 0.403 e. The molecule has 1 aliphatic rings. The Morgan fingerprint density at radius 2 is 1.90 bits per heavy atom. The molecule has 9 heteroatoms. The molecule has 158 valence electrons. The van der Waals surface area contributed by atoms with Crippen molar-refractivity contribution in [3.05, 3.63) is 42.4 Å². The minimum Gasteiger partial charge on any atom is -0.357 e. The molecular formula is C20H27F3N6. The molecule has 0 amide bonds. The number of piperazine rings is 1. The molecule has 0 aliphatic carbocycles. The molecule has 1 aromatic carbocycles. The molecule has 2 heterocycles. The van der Waals surface area contributed by atoms with Gasteiger partial charge in [-0.2, -0.15) is 13.2 Å². The third-order valence-electron chi connectivity index (χ3n) is 5.06. The third kappa shape index (κ3) is 5.50. The van der Waals surface area contributed by atoms with E-state index < -0.39 is 12.2 Å². The number of nitrogens with zero attached hydrogens (tertiary/aromatic N) is 4. The standard InChI is InChI=1S/C20H27F3N6/c1-3-24-19(29-11-9-28(10-12-29)15(2)20(21,22)23)26-14-18-25-13-17(27-18)16-7-5-4-6-8-16/h4-8,13,15H,3,9-12,14H2,1-2H3,(H,24,26)(H,25,27). The minimum absolute atomic E-state index is 0.351. The van der Waals surface area contributed by atoms with Gasteiger partial charge in [-0.15, -0.1) is 0 Å². The first-order valence-electron chi connectivity index (χ1n) is 9.81. The molecule has 1 saturated heterocycles. The normalized spacial score (nSPS) is 17.4. The van der Waals surface area contributed by atoms with E-state index in [0.717, 1.165) is 17.1 Å². The van der Waals surface area contributed by atoms with Crippen LogP contribution in [0.2, 0.25) is 0 Å². The maximum absolute atomic E-state index is 12.9. The Morgan fingerprint density at radius 3 is 2.52 bits per heavy atom. The molecule has 1 aromatic heterocycles. The van der Waals surface area contributed by atoms with Crippen LogP contribution < -0.4 is 5.32 Å². The average molecular weight is 408 g/mol. The predicted molar refractivity (Wildman–Crippen MR) is 108 cm³/mol. The number of hydrogen-bond acceptors (Lipinski definition) is 3. The topological polar surface area (TPSA) is 59.6 Å². The summed E-state index contributed by atoms with van der Waals surface area (Å²) in [4.78, 5) is 15.8. The van der Waals surface area contributed by atoms with Crippen molar-refractivity contribution in [1.82, 2.24) is 25.1 Å². The van der Waals surface area contributed by atoms with Crippen LogP contribution in [0.3, 0.4) is 0 Å². The lowest BCUT2D eigenvalue weighted by Gasteiger charge is -2.39. The van der Waals surface area contributed by atoms with Crippen LogP contribution in [0.25, 0.3) is 11.3 Å². The van der Waals surface area contributed by atoms with Crippen LogP contribution in [-0.4, -0.2) is 70.7 Å². The zero-order valence-electron chi connectivity index (χ0n) is 16.7. The van der Waals surface area contributed by atoms with Gasteiger partial charge in [0.25, 0.3) is 0 Å². The van der Waals surface area contributed by atoms with Crippen molar-refractivity contribution in [2.75, 3.05) is 32.7 Å². The van der Waals surface area contributed by atoms with Gasteiger partial charge >= 0.3 is 6.18 Å². The zero-order valence-corrected chi connectivity index (χ0v) is 16.7. The van der Waals surface area contributed by atoms with E-state index >= 15 is 0 Å². The molecule has 1 unspecified atom stereocenters. The van der Waals surface area contributed by atoms with E-state index in [1.807, 2.05) is 42.2 Å². The van der Waals surface area contributed by atoms with E-state index in [0.29, 0.717) is 45.2 Å². The summed E-state index contributed by atoms with van der Waals surface area (Å²) in [5, 5.41) is 3.23. The van der Waals surface area contributed by atoms with Gasteiger partial charge in [-0.25, -0.2) is 9.98 Å². The highest BCUT2D eigenvalue weighted by molar-refractivity contribution is 5.80. The molecule has 1 fully saturated rings. The van der Waals surface area contributed by atoms with Crippen molar-refractivity contribution in [1.29, 1.82) is 0 Å². The number of aromatic nitrogens is 2. The van der Waals surface area contributed by atoms with Crippen molar-refractivity contribution in [2.24, 2.45) is 4.99 Å². The monoisotopic (exact) mass is 408 g/mol. The summed E-state index contributed by atoms with van der Waals surface area (Å²) in [6.45, 7) is 5.95. The Hall–Kier alpha value is -2.55. The summed E-state index contributed by atoms with van der Waals surface area (Å²) in [5.74, 6) is 1.44. The Kier molecular flexibility index (Phi) is 6.79. The van der Waals surface area contributed by atoms with Crippen LogP contribution in [0, 0.1) is 0 Å². The van der Waals surface area contributed by atoms with Crippen LogP contribution >= 0.6 is 0 Å². The second kappa shape index (κ2) is 9.30. The molecule has 1 atom stereocenters. The van der Waals surface area contributed by atoms with Crippen molar-refractivity contribution in [3.8, 4) is 11.3 Å². The van der Waals surface area contributed by atoms with E-state index in [2.05, 4.69) is 20.3 Å². The highest BCUT2D eigenvalue weighted by Crippen LogP contribution is 2.25. The summed E-state index contributed by atoms with van der Waals surface area (Å²) in [6, 6.07) is 8.48. The molecule has 0 saturated carbocycles. The number of hydrogen-bond donors (Lipinski definition) is 2. The third-order valence-corrected chi connectivity index (χ3v) is 5.06. The number of benzene rings is 1. The van der Waals surface area contributed by atoms with E-state index in [1.165, 1.54) is 11.8 Å².